The Hall–Kier alpha value is -2.30. The van der Waals surface area contributed by atoms with Crippen molar-refractivity contribution < 1.29 is 18.7 Å². The van der Waals surface area contributed by atoms with Gasteiger partial charge < -0.3 is 13.9 Å². The monoisotopic (exact) mass is 386 g/mol. The summed E-state index contributed by atoms with van der Waals surface area (Å²) in [5.74, 6) is 0.209. The van der Waals surface area contributed by atoms with Gasteiger partial charge in [-0.05, 0) is 63.1 Å². The minimum atomic E-state index is -0.715. The fourth-order valence-electron chi connectivity index (χ4n) is 3.90. The third kappa shape index (κ3) is 4.40. The van der Waals surface area contributed by atoms with E-state index in [2.05, 4.69) is 13.0 Å². The van der Waals surface area contributed by atoms with Gasteiger partial charge in [-0.2, -0.15) is 0 Å². The molecule has 0 N–H and O–H groups in total. The highest BCUT2D eigenvalue weighted by Gasteiger charge is 2.23. The molecule has 1 unspecified atom stereocenters. The minimum absolute atomic E-state index is 0.250. The quantitative estimate of drug-likeness (QED) is 0.354. The normalized spacial score (nSPS) is 14.1. The second-order valence-electron chi connectivity index (χ2n) is 7.48. The van der Waals surface area contributed by atoms with Gasteiger partial charge in [0, 0.05) is 17.0 Å². The summed E-state index contributed by atoms with van der Waals surface area (Å²) in [4.78, 5) is 24.3. The van der Waals surface area contributed by atoms with Crippen molar-refractivity contribution in [3.05, 3.63) is 39.2 Å². The van der Waals surface area contributed by atoms with Crippen LogP contribution in [0.25, 0.3) is 11.0 Å². The fourth-order valence-corrected chi connectivity index (χ4v) is 3.90. The first-order valence-corrected chi connectivity index (χ1v) is 10.5. The molecule has 0 fully saturated rings. The van der Waals surface area contributed by atoms with Gasteiger partial charge in [-0.3, -0.25) is 0 Å². The van der Waals surface area contributed by atoms with Crippen LogP contribution in [0.15, 0.2) is 21.3 Å². The maximum Gasteiger partial charge on any atom is 0.347 e. The molecule has 1 heterocycles. The number of hydrogen-bond donors (Lipinski definition) is 0. The van der Waals surface area contributed by atoms with Crippen LogP contribution in [0, 0.1) is 0 Å². The molecular weight excluding hydrogens is 356 g/mol. The summed E-state index contributed by atoms with van der Waals surface area (Å²) in [5, 5.41) is 1.01. The maximum atomic E-state index is 12.3. The Balaban J connectivity index is 1.97. The minimum Gasteiger partial charge on any atom is -0.479 e. The van der Waals surface area contributed by atoms with E-state index in [9.17, 15) is 9.59 Å². The summed E-state index contributed by atoms with van der Waals surface area (Å²) in [6.07, 6.45) is 7.44. The Morgan fingerprint density at radius 2 is 1.93 bits per heavy atom. The van der Waals surface area contributed by atoms with Gasteiger partial charge in [0.2, 0.25) is 0 Å². The number of esters is 1. The smallest absolute Gasteiger partial charge is 0.347 e. The fraction of sp³-hybridized carbons (Fsp3) is 0.565. The first-order chi connectivity index (χ1) is 13.5. The van der Waals surface area contributed by atoms with Gasteiger partial charge >= 0.3 is 11.6 Å². The molecule has 5 nitrogen and oxygen atoms in total. The van der Waals surface area contributed by atoms with Crippen LogP contribution in [-0.4, -0.2) is 18.7 Å². The number of unbranched alkanes of at least 4 members (excludes halogenated alkanes) is 3. The lowest BCUT2D eigenvalue weighted by molar-refractivity contribution is -0.150. The lowest BCUT2D eigenvalue weighted by Crippen LogP contribution is -2.26. The Labute approximate surface area is 166 Å². The zero-order chi connectivity index (χ0) is 20.1. The molecule has 2 aromatic rings. The van der Waals surface area contributed by atoms with Gasteiger partial charge in [-0.1, -0.05) is 26.2 Å². The van der Waals surface area contributed by atoms with E-state index < -0.39 is 12.1 Å². The van der Waals surface area contributed by atoms with Crippen LogP contribution in [0.2, 0.25) is 0 Å². The van der Waals surface area contributed by atoms with E-state index in [4.69, 9.17) is 13.9 Å². The summed E-state index contributed by atoms with van der Waals surface area (Å²) in [6, 6.07) is 3.88. The number of carbonyl (C=O) groups excluding carboxylic acids is 1. The highest BCUT2D eigenvalue weighted by atomic mass is 16.6. The average molecular weight is 386 g/mol. The van der Waals surface area contributed by atoms with Crippen LogP contribution in [0.4, 0.5) is 0 Å². The lowest BCUT2D eigenvalue weighted by atomic mass is 10.00. The number of carbonyl (C=O) groups is 1. The standard InChI is InChI=1S/C23H30O5/c1-4-6-7-8-10-16-13-19-17-11-9-12-18(17)23(25)28-21(19)14-20(16)27-15(3)22(24)26-5-2/h13-15H,4-12H2,1-3H3. The summed E-state index contributed by atoms with van der Waals surface area (Å²) in [5.41, 5.74) is 3.28. The van der Waals surface area contributed by atoms with Crippen LogP contribution in [0.5, 0.6) is 5.75 Å². The molecule has 0 saturated carbocycles. The van der Waals surface area contributed by atoms with Crippen LogP contribution in [-0.2, 0) is 28.8 Å². The van der Waals surface area contributed by atoms with Gasteiger partial charge in [-0.15, -0.1) is 0 Å². The van der Waals surface area contributed by atoms with Gasteiger partial charge in [-0.25, -0.2) is 9.59 Å². The molecule has 0 saturated heterocycles. The maximum absolute atomic E-state index is 12.3. The van der Waals surface area contributed by atoms with Crippen LogP contribution in [0.1, 0.15) is 69.6 Å². The molecule has 0 bridgehead atoms. The third-order valence-corrected chi connectivity index (χ3v) is 5.38. The highest BCUT2D eigenvalue weighted by molar-refractivity contribution is 5.84. The van der Waals surface area contributed by atoms with E-state index in [1.54, 1.807) is 19.9 Å². The van der Waals surface area contributed by atoms with Crippen molar-refractivity contribution in [2.24, 2.45) is 0 Å². The van der Waals surface area contributed by atoms with E-state index in [-0.39, 0.29) is 5.63 Å². The number of ether oxygens (including phenoxy) is 2. The van der Waals surface area contributed by atoms with Gasteiger partial charge in [0.25, 0.3) is 0 Å². The molecule has 0 spiro atoms. The SMILES string of the molecule is CCCCCCc1cc2c3c(c(=O)oc2cc1OC(C)C(=O)OCC)CCC3. The van der Waals surface area contributed by atoms with Crippen LogP contribution in [0.3, 0.4) is 0 Å². The zero-order valence-corrected chi connectivity index (χ0v) is 17.1. The topological polar surface area (TPSA) is 65.7 Å². The average Bonchev–Trinajstić information content (AvgIpc) is 3.17. The van der Waals surface area contributed by atoms with Crippen molar-refractivity contribution in [2.45, 2.75) is 78.2 Å². The predicted molar refractivity (Wildman–Crippen MR) is 109 cm³/mol. The molecule has 1 aromatic carbocycles. The molecule has 152 valence electrons. The van der Waals surface area contributed by atoms with Gasteiger partial charge in [0.1, 0.15) is 11.3 Å². The van der Waals surface area contributed by atoms with Crippen molar-refractivity contribution >= 4 is 16.9 Å². The number of rotatable bonds is 9. The molecular formula is C23H30O5. The zero-order valence-electron chi connectivity index (χ0n) is 17.1. The highest BCUT2D eigenvalue weighted by Crippen LogP contribution is 2.33. The number of aryl methyl sites for hydroxylation is 2. The molecule has 5 heteroatoms. The van der Waals surface area contributed by atoms with Crippen molar-refractivity contribution in [3.63, 3.8) is 0 Å². The summed E-state index contributed by atoms with van der Waals surface area (Å²) < 4.78 is 16.6. The van der Waals surface area contributed by atoms with Gasteiger partial charge in [0.05, 0.1) is 6.61 Å². The third-order valence-electron chi connectivity index (χ3n) is 5.38. The van der Waals surface area contributed by atoms with Crippen LogP contribution >= 0.6 is 0 Å². The largest absolute Gasteiger partial charge is 0.479 e. The summed E-state index contributed by atoms with van der Waals surface area (Å²) in [6.45, 7) is 5.96. The molecule has 1 aliphatic rings. The van der Waals surface area contributed by atoms with Gasteiger partial charge in [0.15, 0.2) is 6.10 Å². The Morgan fingerprint density at radius 1 is 1.14 bits per heavy atom. The van der Waals surface area contributed by atoms with E-state index in [1.807, 2.05) is 0 Å². The predicted octanol–water partition coefficient (Wildman–Crippen LogP) is 4.73. The number of benzene rings is 1. The molecule has 1 aromatic heterocycles. The molecule has 0 radical (unpaired) electrons. The van der Waals surface area contributed by atoms with E-state index >= 15 is 0 Å². The molecule has 3 rings (SSSR count). The second kappa shape index (κ2) is 9.26. The molecule has 1 aliphatic carbocycles. The van der Waals surface area contributed by atoms with Crippen molar-refractivity contribution in [3.8, 4) is 5.75 Å². The Kier molecular flexibility index (Phi) is 6.76. The second-order valence-corrected chi connectivity index (χ2v) is 7.48. The van der Waals surface area contributed by atoms with E-state index in [0.717, 1.165) is 60.6 Å². The first kappa shape index (κ1) is 20.4. The van der Waals surface area contributed by atoms with Crippen molar-refractivity contribution in [2.75, 3.05) is 6.61 Å². The van der Waals surface area contributed by atoms with Crippen molar-refractivity contribution in [1.82, 2.24) is 0 Å². The number of hydrogen-bond acceptors (Lipinski definition) is 5. The Bertz CT molecular complexity index is 896. The van der Waals surface area contributed by atoms with E-state index in [0.29, 0.717) is 17.9 Å². The number of fused-ring (bicyclic) bond motifs is 3. The molecule has 0 aliphatic heterocycles. The van der Waals surface area contributed by atoms with Crippen LogP contribution < -0.4 is 10.4 Å². The molecule has 1 atom stereocenters. The molecule has 0 amide bonds. The summed E-state index contributed by atoms with van der Waals surface area (Å²) >= 11 is 0. The van der Waals surface area contributed by atoms with Crippen molar-refractivity contribution in [1.29, 1.82) is 0 Å². The Morgan fingerprint density at radius 3 is 2.68 bits per heavy atom. The molecule has 28 heavy (non-hydrogen) atoms. The lowest BCUT2D eigenvalue weighted by Gasteiger charge is -2.18. The van der Waals surface area contributed by atoms with E-state index in [1.165, 1.54) is 12.8 Å². The first-order valence-electron chi connectivity index (χ1n) is 10.5. The summed E-state index contributed by atoms with van der Waals surface area (Å²) in [7, 11) is 0.